The summed E-state index contributed by atoms with van der Waals surface area (Å²) in [5.41, 5.74) is 0. The molecule has 0 aliphatic heterocycles. The molecule has 1 amide bonds. The molecule has 18 heavy (non-hydrogen) atoms. The molecule has 0 bridgehead atoms. The van der Waals surface area contributed by atoms with Crippen LogP contribution in [0.1, 0.15) is 19.3 Å². The molecule has 6 nitrogen and oxygen atoms in total. The van der Waals surface area contributed by atoms with E-state index in [-0.39, 0.29) is 23.9 Å². The third-order valence-corrected chi connectivity index (χ3v) is 3.31. The van der Waals surface area contributed by atoms with E-state index in [0.29, 0.717) is 18.0 Å². The van der Waals surface area contributed by atoms with Crippen LogP contribution in [0.4, 0.5) is 0 Å². The Morgan fingerprint density at radius 2 is 2.00 bits per heavy atom. The van der Waals surface area contributed by atoms with Gasteiger partial charge in [-0.1, -0.05) is 0 Å². The molecule has 0 atom stereocenters. The van der Waals surface area contributed by atoms with Gasteiger partial charge in [-0.25, -0.2) is 4.79 Å². The van der Waals surface area contributed by atoms with Crippen LogP contribution in [0.15, 0.2) is 12.1 Å². The molecule has 0 spiro atoms. The lowest BCUT2D eigenvalue weighted by Crippen LogP contribution is -2.35. The second kappa shape index (κ2) is 7.10. The first kappa shape index (κ1) is 14.6. The van der Waals surface area contributed by atoms with E-state index in [2.05, 4.69) is 0 Å². The van der Waals surface area contributed by atoms with E-state index in [1.165, 1.54) is 24.1 Å². The molecular weight excluding hydrogens is 258 g/mol. The first-order chi connectivity index (χ1) is 8.60. The molecule has 0 aromatic carbocycles. The minimum atomic E-state index is -1.05. The Morgan fingerprint density at radius 3 is 2.50 bits per heavy atom. The van der Waals surface area contributed by atoms with Gasteiger partial charge in [0.1, 0.15) is 4.88 Å². The Hall–Kier alpha value is -1.44. The van der Waals surface area contributed by atoms with Gasteiger partial charge < -0.3 is 19.8 Å². The summed E-state index contributed by atoms with van der Waals surface area (Å²) in [7, 11) is 1.52. The van der Waals surface area contributed by atoms with Crippen molar-refractivity contribution < 1.29 is 24.5 Å². The molecule has 1 aromatic rings. The van der Waals surface area contributed by atoms with Crippen LogP contribution in [0, 0.1) is 0 Å². The smallest absolute Gasteiger partial charge is 0.345 e. The first-order valence-electron chi connectivity index (χ1n) is 5.32. The number of aliphatic hydroxyl groups excluding tert-OH is 1. The summed E-state index contributed by atoms with van der Waals surface area (Å²) in [6.45, 7) is 0.772. The number of methoxy groups -OCH3 is 1. The highest BCUT2D eigenvalue weighted by molar-refractivity contribution is 7.15. The summed E-state index contributed by atoms with van der Waals surface area (Å²) in [5.74, 6) is -1.34. The van der Waals surface area contributed by atoms with Gasteiger partial charge in [-0.2, -0.15) is 0 Å². The van der Waals surface area contributed by atoms with Gasteiger partial charge in [0.15, 0.2) is 0 Å². The van der Waals surface area contributed by atoms with Crippen molar-refractivity contribution in [3.63, 3.8) is 0 Å². The fourth-order valence-electron chi connectivity index (χ4n) is 1.36. The molecule has 2 N–H and O–H groups in total. The van der Waals surface area contributed by atoms with Gasteiger partial charge in [0.05, 0.1) is 18.1 Å². The van der Waals surface area contributed by atoms with E-state index < -0.39 is 5.97 Å². The van der Waals surface area contributed by atoms with E-state index in [9.17, 15) is 9.59 Å². The molecule has 0 fully saturated rings. The molecule has 7 heteroatoms. The second-order valence-electron chi connectivity index (χ2n) is 3.48. The lowest BCUT2D eigenvalue weighted by atomic mass is 10.3. The number of thiophene rings is 1. The molecule has 100 valence electrons. The number of hydrogen-bond acceptors (Lipinski definition) is 5. The van der Waals surface area contributed by atoms with Crippen molar-refractivity contribution >= 4 is 23.2 Å². The Kier molecular flexibility index (Phi) is 5.76. The third kappa shape index (κ3) is 3.80. The number of aliphatic hydroxyl groups is 1. The quantitative estimate of drug-likeness (QED) is 0.756. The van der Waals surface area contributed by atoms with E-state index in [4.69, 9.17) is 14.9 Å². The van der Waals surface area contributed by atoms with Crippen LogP contribution in [-0.2, 0) is 4.74 Å². The van der Waals surface area contributed by atoms with E-state index >= 15 is 0 Å². The number of nitrogens with zero attached hydrogens (tertiary/aromatic N) is 1. The van der Waals surface area contributed by atoms with Crippen molar-refractivity contribution in [2.45, 2.75) is 0 Å². The molecular formula is C11H15NO5S. The predicted molar refractivity (Wildman–Crippen MR) is 66.1 cm³/mol. The van der Waals surface area contributed by atoms with Crippen molar-refractivity contribution in [1.29, 1.82) is 0 Å². The Morgan fingerprint density at radius 1 is 1.33 bits per heavy atom. The van der Waals surface area contributed by atoms with Crippen molar-refractivity contribution in [2.24, 2.45) is 0 Å². The minimum Gasteiger partial charge on any atom is -0.477 e. The number of amides is 1. The van der Waals surface area contributed by atoms with Gasteiger partial charge in [0, 0.05) is 20.2 Å². The molecule has 0 saturated carbocycles. The van der Waals surface area contributed by atoms with Gasteiger partial charge in [-0.15, -0.1) is 11.3 Å². The second-order valence-corrected chi connectivity index (χ2v) is 4.56. The molecule has 1 heterocycles. The fourth-order valence-corrected chi connectivity index (χ4v) is 2.17. The van der Waals surface area contributed by atoms with Crippen LogP contribution >= 0.6 is 11.3 Å². The molecule has 0 aliphatic rings. The van der Waals surface area contributed by atoms with Crippen LogP contribution in [0.2, 0.25) is 0 Å². The number of hydrogen-bond donors (Lipinski definition) is 2. The van der Waals surface area contributed by atoms with Crippen LogP contribution in [0.25, 0.3) is 0 Å². The maximum atomic E-state index is 12.1. The largest absolute Gasteiger partial charge is 0.477 e. The predicted octanol–water partition coefficient (Wildman–Crippen LogP) is 0.527. The number of carboxylic acids is 1. The van der Waals surface area contributed by atoms with Crippen LogP contribution in [0.3, 0.4) is 0 Å². The van der Waals surface area contributed by atoms with E-state index in [0.717, 1.165) is 11.3 Å². The van der Waals surface area contributed by atoms with Crippen molar-refractivity contribution in [3.8, 4) is 0 Å². The third-order valence-electron chi connectivity index (χ3n) is 2.25. The monoisotopic (exact) mass is 273 g/mol. The molecule has 0 radical (unpaired) electrons. The van der Waals surface area contributed by atoms with Crippen LogP contribution in [-0.4, -0.2) is 60.4 Å². The number of carbonyl (C=O) groups excluding carboxylic acids is 1. The van der Waals surface area contributed by atoms with Gasteiger partial charge in [0.2, 0.25) is 0 Å². The highest BCUT2D eigenvalue weighted by Crippen LogP contribution is 2.18. The highest BCUT2D eigenvalue weighted by Gasteiger charge is 2.18. The van der Waals surface area contributed by atoms with Gasteiger partial charge in [0.25, 0.3) is 5.91 Å². The highest BCUT2D eigenvalue weighted by atomic mass is 32.1. The minimum absolute atomic E-state index is 0.119. The summed E-state index contributed by atoms with van der Waals surface area (Å²) >= 11 is 0.924. The standard InChI is InChI=1S/C11H15NO5S/c1-17-7-5-12(4-6-13)10(14)8-2-3-9(18-8)11(15)16/h2-3,13H,4-7H2,1H3,(H,15,16). The van der Waals surface area contributed by atoms with Crippen molar-refractivity contribution in [2.75, 3.05) is 33.4 Å². The first-order valence-corrected chi connectivity index (χ1v) is 6.14. The summed E-state index contributed by atoms with van der Waals surface area (Å²) in [6.07, 6.45) is 0. The maximum absolute atomic E-state index is 12.1. The zero-order valence-electron chi connectivity index (χ0n) is 9.96. The lowest BCUT2D eigenvalue weighted by Gasteiger charge is -2.20. The number of carbonyl (C=O) groups is 2. The van der Waals surface area contributed by atoms with E-state index in [1.54, 1.807) is 0 Å². The number of carboxylic acid groups (broad SMARTS) is 1. The van der Waals surface area contributed by atoms with Crippen LogP contribution in [0.5, 0.6) is 0 Å². The normalized spacial score (nSPS) is 10.3. The Labute approximate surface area is 108 Å². The van der Waals surface area contributed by atoms with E-state index in [1.807, 2.05) is 0 Å². The fraction of sp³-hybridized carbons (Fsp3) is 0.455. The molecule has 0 saturated heterocycles. The Bertz CT molecular complexity index is 417. The Balaban J connectivity index is 2.77. The van der Waals surface area contributed by atoms with Crippen molar-refractivity contribution in [1.82, 2.24) is 4.90 Å². The molecule has 1 rings (SSSR count). The zero-order valence-corrected chi connectivity index (χ0v) is 10.8. The van der Waals surface area contributed by atoms with Crippen LogP contribution < -0.4 is 0 Å². The van der Waals surface area contributed by atoms with Gasteiger partial charge in [-0.3, -0.25) is 4.79 Å². The van der Waals surface area contributed by atoms with Gasteiger partial charge in [-0.05, 0) is 12.1 Å². The topological polar surface area (TPSA) is 87.1 Å². The number of rotatable bonds is 7. The lowest BCUT2D eigenvalue weighted by molar-refractivity contribution is 0.0660. The average Bonchev–Trinajstić information content (AvgIpc) is 2.83. The molecule has 0 aliphatic carbocycles. The summed E-state index contributed by atoms with van der Waals surface area (Å²) in [5, 5.41) is 17.7. The number of ether oxygens (including phenoxy) is 1. The average molecular weight is 273 g/mol. The number of aromatic carboxylic acids is 1. The van der Waals surface area contributed by atoms with Crippen molar-refractivity contribution in [3.05, 3.63) is 21.9 Å². The maximum Gasteiger partial charge on any atom is 0.345 e. The summed E-state index contributed by atoms with van der Waals surface area (Å²) in [4.78, 5) is 24.7. The SMILES string of the molecule is COCCN(CCO)C(=O)c1ccc(C(=O)O)s1. The van der Waals surface area contributed by atoms with Gasteiger partial charge >= 0.3 is 5.97 Å². The molecule has 0 unspecified atom stereocenters. The molecule has 1 aromatic heterocycles. The summed E-state index contributed by atoms with van der Waals surface area (Å²) in [6, 6.07) is 2.88. The zero-order chi connectivity index (χ0) is 13.5. The summed E-state index contributed by atoms with van der Waals surface area (Å²) < 4.78 is 4.88.